The molecule has 4 rings (SSSR count). The van der Waals surface area contributed by atoms with E-state index in [0.29, 0.717) is 11.3 Å². The molecule has 2 aliphatic heterocycles. The van der Waals surface area contributed by atoms with E-state index in [1.165, 1.54) is 31.4 Å². The molecule has 0 radical (unpaired) electrons. The highest BCUT2D eigenvalue weighted by molar-refractivity contribution is 7.82. The summed E-state index contributed by atoms with van der Waals surface area (Å²) in [5.74, 6) is 0.600. The van der Waals surface area contributed by atoms with Gasteiger partial charge in [0.05, 0.1) is 13.7 Å². The number of ether oxygens (including phenoxy) is 5. The van der Waals surface area contributed by atoms with E-state index in [2.05, 4.69) is 0 Å². The molecule has 0 amide bonds. The average Bonchev–Trinajstić information content (AvgIpc) is 2.97. The van der Waals surface area contributed by atoms with E-state index < -0.39 is 78.6 Å². The van der Waals surface area contributed by atoms with Crippen LogP contribution in [0.5, 0.6) is 11.5 Å². The number of hydrogen-bond donors (Lipinski definition) is 0. The van der Waals surface area contributed by atoms with Crippen molar-refractivity contribution in [2.45, 2.75) is 44.6 Å². The molecule has 45 heavy (non-hydrogen) atoms. The summed E-state index contributed by atoms with van der Waals surface area (Å²) in [7, 11) is -8.68. The fourth-order valence-electron chi connectivity index (χ4n) is 4.03. The lowest BCUT2D eigenvalue weighted by Gasteiger charge is -2.47. The van der Waals surface area contributed by atoms with E-state index in [1.807, 2.05) is 0 Å². The third-order valence-corrected chi connectivity index (χ3v) is 8.24. The van der Waals surface area contributed by atoms with E-state index in [9.17, 15) is 16.8 Å². The molecule has 252 valence electrons. The second-order valence-corrected chi connectivity index (χ2v) is 16.7. The molecule has 0 unspecified atom stereocenters. The minimum absolute atomic E-state index is 0.126. The summed E-state index contributed by atoms with van der Waals surface area (Å²) >= 11 is 33.8. The van der Waals surface area contributed by atoms with Gasteiger partial charge < -0.3 is 23.7 Å². The number of fused-ring (bicyclic) bond motifs is 1. The largest absolute Gasteiger partial charge is 0.497 e. The van der Waals surface area contributed by atoms with Crippen LogP contribution in [0.25, 0.3) is 0 Å². The minimum Gasteiger partial charge on any atom is -0.497 e. The SMILES string of the molecule is COc1ccc(O[C@@H]2O[C@@H]3CO[C@@H](c4ccccc4)O[C@H]3[C@H](OS(=O)(=O)OCC(Cl)(Cl)Cl)[C@H]2OS(=O)(=O)OCC(Cl)(Cl)Cl)cc1. The molecule has 6 atom stereocenters. The van der Waals surface area contributed by atoms with Gasteiger partial charge >= 0.3 is 20.8 Å². The molecule has 2 aromatic rings. The predicted octanol–water partition coefficient (Wildman–Crippen LogP) is 4.95. The molecule has 2 aromatic carbocycles. The lowest BCUT2D eigenvalue weighted by molar-refractivity contribution is -0.343. The van der Waals surface area contributed by atoms with Gasteiger partial charge in [0.1, 0.15) is 43.0 Å². The Kier molecular flexibility index (Phi) is 12.7. The molecule has 0 aliphatic carbocycles. The molecule has 2 fully saturated rings. The van der Waals surface area contributed by atoms with Crippen LogP contribution in [0.15, 0.2) is 54.6 Å². The van der Waals surface area contributed by atoms with Crippen LogP contribution in [0.2, 0.25) is 0 Å². The van der Waals surface area contributed by atoms with Gasteiger partial charge in [-0.25, -0.2) is 16.7 Å². The number of halogens is 6. The topological polar surface area (TPSA) is 151 Å². The molecule has 2 heterocycles. The number of rotatable bonds is 12. The summed E-state index contributed by atoms with van der Waals surface area (Å²) in [6.45, 7) is -2.12. The number of hydrogen-bond acceptors (Lipinski definition) is 13. The van der Waals surface area contributed by atoms with Gasteiger partial charge in [0.2, 0.25) is 13.9 Å². The monoisotopic (exact) mass is 794 g/mol. The summed E-state index contributed by atoms with van der Waals surface area (Å²) in [6, 6.07) is 14.6. The molecule has 0 bridgehead atoms. The summed E-state index contributed by atoms with van der Waals surface area (Å²) in [6.07, 6.45) is -9.13. The van der Waals surface area contributed by atoms with E-state index in [1.54, 1.807) is 30.3 Å². The van der Waals surface area contributed by atoms with Gasteiger partial charge in [-0.05, 0) is 24.3 Å². The van der Waals surface area contributed by atoms with Crippen molar-refractivity contribution in [3.63, 3.8) is 0 Å². The molecular weight excluding hydrogens is 773 g/mol. The first-order chi connectivity index (χ1) is 20.9. The Morgan fingerprint density at radius 1 is 0.756 bits per heavy atom. The van der Waals surface area contributed by atoms with Crippen LogP contribution in [0.3, 0.4) is 0 Å². The third-order valence-electron chi connectivity index (χ3n) is 5.86. The molecule has 0 saturated carbocycles. The Morgan fingerprint density at radius 2 is 1.29 bits per heavy atom. The van der Waals surface area contributed by atoms with Crippen LogP contribution in [-0.4, -0.2) is 82.1 Å². The molecule has 0 N–H and O–H groups in total. The Labute approximate surface area is 289 Å². The smallest absolute Gasteiger partial charge is 0.400 e. The van der Waals surface area contributed by atoms with Gasteiger partial charge in [-0.2, -0.15) is 16.8 Å². The fourth-order valence-corrected chi connectivity index (χ4v) is 6.46. The molecule has 21 heteroatoms. The maximum Gasteiger partial charge on any atom is 0.400 e. The van der Waals surface area contributed by atoms with Crippen LogP contribution >= 0.6 is 69.6 Å². The summed E-state index contributed by atoms with van der Waals surface area (Å²) in [4.78, 5) is 0. The van der Waals surface area contributed by atoms with Gasteiger partial charge in [0.15, 0.2) is 12.4 Å². The quantitative estimate of drug-likeness (QED) is 0.267. The van der Waals surface area contributed by atoms with Crippen molar-refractivity contribution < 1.29 is 57.3 Å². The molecule has 0 aromatic heterocycles. The second-order valence-electron chi connectivity index (χ2n) is 9.21. The van der Waals surface area contributed by atoms with Crippen LogP contribution in [0, 0.1) is 0 Å². The Balaban J connectivity index is 1.72. The van der Waals surface area contributed by atoms with E-state index in [4.69, 9.17) is 110 Å². The van der Waals surface area contributed by atoms with Crippen molar-refractivity contribution in [1.29, 1.82) is 0 Å². The minimum atomic E-state index is -5.08. The van der Waals surface area contributed by atoms with Gasteiger partial charge in [-0.3, -0.25) is 0 Å². The zero-order valence-electron chi connectivity index (χ0n) is 22.7. The van der Waals surface area contributed by atoms with Crippen molar-refractivity contribution in [2.24, 2.45) is 0 Å². The highest BCUT2D eigenvalue weighted by Gasteiger charge is 2.56. The maximum atomic E-state index is 13.0. The molecular formula is C24H24Cl6O13S2. The van der Waals surface area contributed by atoms with Crippen LogP contribution in [0.1, 0.15) is 11.9 Å². The number of alkyl halides is 6. The Hall–Kier alpha value is -0.600. The average molecular weight is 797 g/mol. The van der Waals surface area contributed by atoms with Crippen LogP contribution in [-0.2, 0) is 51.7 Å². The fraction of sp³-hybridized carbons (Fsp3) is 0.500. The Morgan fingerprint density at radius 3 is 1.82 bits per heavy atom. The van der Waals surface area contributed by atoms with Gasteiger partial charge in [0, 0.05) is 5.56 Å². The second kappa shape index (κ2) is 15.3. The van der Waals surface area contributed by atoms with Crippen molar-refractivity contribution in [1.82, 2.24) is 0 Å². The highest BCUT2D eigenvalue weighted by Crippen LogP contribution is 2.39. The zero-order chi connectivity index (χ0) is 33.0. The first-order valence-electron chi connectivity index (χ1n) is 12.5. The van der Waals surface area contributed by atoms with Crippen molar-refractivity contribution in [3.05, 3.63) is 60.2 Å². The third kappa shape index (κ3) is 11.5. The summed E-state index contributed by atoms with van der Waals surface area (Å²) in [5, 5.41) is 0. The normalized spacial score (nSPS) is 26.2. The van der Waals surface area contributed by atoms with Crippen molar-refractivity contribution in [3.8, 4) is 11.5 Å². The highest BCUT2D eigenvalue weighted by atomic mass is 35.6. The van der Waals surface area contributed by atoms with Gasteiger partial charge in [-0.1, -0.05) is 99.9 Å². The molecule has 2 aliphatic rings. The lowest BCUT2D eigenvalue weighted by Crippen LogP contribution is -2.65. The maximum absolute atomic E-state index is 13.0. The predicted molar refractivity (Wildman–Crippen MR) is 162 cm³/mol. The molecule has 0 spiro atoms. The number of benzene rings is 2. The summed E-state index contributed by atoms with van der Waals surface area (Å²) in [5.41, 5.74) is 0.540. The van der Waals surface area contributed by atoms with Crippen molar-refractivity contribution >= 4 is 90.4 Å². The first kappa shape index (κ1) is 37.2. The first-order valence-corrected chi connectivity index (χ1v) is 17.4. The van der Waals surface area contributed by atoms with Crippen LogP contribution in [0.4, 0.5) is 0 Å². The van der Waals surface area contributed by atoms with Gasteiger partial charge in [0.25, 0.3) is 0 Å². The van der Waals surface area contributed by atoms with Gasteiger partial charge in [-0.15, -0.1) is 0 Å². The zero-order valence-corrected chi connectivity index (χ0v) is 28.8. The van der Waals surface area contributed by atoms with E-state index >= 15 is 0 Å². The number of methoxy groups -OCH3 is 1. The standard InChI is InChI=1S/C24H24Cl6O13S2/c1-35-15-7-9-16(10-8-15)39-22-20(43-45(33,34)38-13-24(28,29)30)19(42-44(31,32)37-12-23(25,26)27)18-17(40-22)11-36-21(41-18)14-5-3-2-4-6-14/h2-10,17-22H,11-13H2,1H3/t17-,18-,19+,20-,21-,22-/m1/s1. The van der Waals surface area contributed by atoms with Crippen LogP contribution < -0.4 is 9.47 Å². The molecule has 13 nitrogen and oxygen atoms in total. The lowest BCUT2D eigenvalue weighted by atomic mass is 9.98. The van der Waals surface area contributed by atoms with E-state index in [0.717, 1.165) is 0 Å². The molecule has 2 saturated heterocycles. The summed E-state index contributed by atoms with van der Waals surface area (Å²) < 4.78 is 96.4. The van der Waals surface area contributed by atoms with E-state index in [-0.39, 0.29) is 12.4 Å². The Bertz CT molecular complexity index is 1470. The van der Waals surface area contributed by atoms with Crippen molar-refractivity contribution in [2.75, 3.05) is 26.9 Å².